The van der Waals surface area contributed by atoms with E-state index in [1.165, 1.54) is 6.26 Å². The molecule has 0 bridgehead atoms. The zero-order valence-electron chi connectivity index (χ0n) is 8.16. The number of nitrogens with one attached hydrogen (secondary N) is 2. The lowest BCUT2D eigenvalue weighted by Crippen LogP contribution is -2.50. The number of piperidine rings is 1. The highest BCUT2D eigenvalue weighted by molar-refractivity contribution is 5.95. The van der Waals surface area contributed by atoms with Crippen molar-refractivity contribution in [2.24, 2.45) is 0 Å². The van der Waals surface area contributed by atoms with E-state index in [9.17, 15) is 9.59 Å². The summed E-state index contributed by atoms with van der Waals surface area (Å²) in [6, 6.07) is 2.77. The molecule has 2 amide bonds. The van der Waals surface area contributed by atoms with Crippen molar-refractivity contribution >= 4 is 11.8 Å². The van der Waals surface area contributed by atoms with Crippen molar-refractivity contribution in [2.45, 2.75) is 18.9 Å². The van der Waals surface area contributed by atoms with E-state index in [1.54, 1.807) is 12.1 Å². The predicted molar refractivity (Wildman–Crippen MR) is 52.2 cm³/mol. The minimum absolute atomic E-state index is 0.124. The van der Waals surface area contributed by atoms with Crippen molar-refractivity contribution < 1.29 is 14.0 Å². The van der Waals surface area contributed by atoms with Crippen molar-refractivity contribution in [3.63, 3.8) is 0 Å². The maximum absolute atomic E-state index is 11.5. The lowest BCUT2D eigenvalue weighted by molar-refractivity contribution is -0.124. The van der Waals surface area contributed by atoms with Crippen molar-refractivity contribution in [1.29, 1.82) is 0 Å². The summed E-state index contributed by atoms with van der Waals surface area (Å²) in [6.45, 7) is 0.686. The Morgan fingerprint density at radius 1 is 1.60 bits per heavy atom. The molecule has 5 heteroatoms. The Hall–Kier alpha value is -1.78. The van der Waals surface area contributed by atoms with Gasteiger partial charge in [0.05, 0.1) is 6.26 Å². The summed E-state index contributed by atoms with van der Waals surface area (Å²) in [5.74, 6) is -0.239. The van der Waals surface area contributed by atoms with Gasteiger partial charge in [-0.3, -0.25) is 9.59 Å². The standard InChI is InChI=1S/C10H12N2O3/c13-9-7(3-1-5-11-9)12-10(14)8-4-2-6-15-8/h2,4,6-7H,1,3,5H2,(H,11,13)(H,12,14). The molecule has 1 saturated heterocycles. The maximum atomic E-state index is 11.5. The molecule has 2 N–H and O–H groups in total. The molecular formula is C10H12N2O3. The normalized spacial score (nSPS) is 20.8. The van der Waals surface area contributed by atoms with E-state index < -0.39 is 6.04 Å². The van der Waals surface area contributed by atoms with Gasteiger partial charge in [0.1, 0.15) is 6.04 Å². The van der Waals surface area contributed by atoms with Gasteiger partial charge >= 0.3 is 0 Å². The molecule has 1 aromatic heterocycles. The fraction of sp³-hybridized carbons (Fsp3) is 0.400. The smallest absolute Gasteiger partial charge is 0.287 e. The van der Waals surface area contributed by atoms with E-state index in [2.05, 4.69) is 10.6 Å². The van der Waals surface area contributed by atoms with Crippen LogP contribution in [0.5, 0.6) is 0 Å². The van der Waals surface area contributed by atoms with Crippen molar-refractivity contribution in [3.05, 3.63) is 24.2 Å². The third-order valence-electron chi connectivity index (χ3n) is 2.34. The zero-order valence-corrected chi connectivity index (χ0v) is 8.16. The van der Waals surface area contributed by atoms with Crippen LogP contribution in [-0.4, -0.2) is 24.4 Å². The lowest BCUT2D eigenvalue weighted by Gasteiger charge is -2.22. The number of furan rings is 1. The van der Waals surface area contributed by atoms with Crippen LogP contribution >= 0.6 is 0 Å². The molecule has 15 heavy (non-hydrogen) atoms. The Morgan fingerprint density at radius 2 is 2.47 bits per heavy atom. The average Bonchev–Trinajstić information content (AvgIpc) is 2.74. The molecule has 1 unspecified atom stereocenters. The first-order valence-corrected chi connectivity index (χ1v) is 4.89. The molecule has 0 radical (unpaired) electrons. The molecule has 80 valence electrons. The number of carbonyl (C=O) groups excluding carboxylic acids is 2. The maximum Gasteiger partial charge on any atom is 0.287 e. The van der Waals surface area contributed by atoms with Gasteiger partial charge in [0.25, 0.3) is 5.91 Å². The van der Waals surface area contributed by atoms with Gasteiger partial charge in [-0.2, -0.15) is 0 Å². The molecule has 2 rings (SSSR count). The molecule has 0 saturated carbocycles. The highest BCUT2D eigenvalue weighted by Gasteiger charge is 2.24. The summed E-state index contributed by atoms with van der Waals surface area (Å²) in [5.41, 5.74) is 0. The second-order valence-electron chi connectivity index (χ2n) is 3.44. The first-order chi connectivity index (χ1) is 7.27. The van der Waals surface area contributed by atoms with Crippen LogP contribution in [0.25, 0.3) is 0 Å². The van der Waals surface area contributed by atoms with E-state index in [1.807, 2.05) is 0 Å². The van der Waals surface area contributed by atoms with Gasteiger partial charge in [-0.1, -0.05) is 0 Å². The molecule has 1 fully saturated rings. The monoisotopic (exact) mass is 208 g/mol. The Labute approximate surface area is 86.8 Å². The van der Waals surface area contributed by atoms with Crippen molar-refractivity contribution in [3.8, 4) is 0 Å². The van der Waals surface area contributed by atoms with Crippen LogP contribution in [0.3, 0.4) is 0 Å². The van der Waals surface area contributed by atoms with Gasteiger partial charge in [0.2, 0.25) is 5.91 Å². The largest absolute Gasteiger partial charge is 0.459 e. The van der Waals surface area contributed by atoms with Crippen LogP contribution < -0.4 is 10.6 Å². The third kappa shape index (κ3) is 2.18. The summed E-state index contributed by atoms with van der Waals surface area (Å²) < 4.78 is 4.93. The van der Waals surface area contributed by atoms with Gasteiger partial charge in [-0.05, 0) is 25.0 Å². The van der Waals surface area contributed by atoms with Crippen LogP contribution in [0.1, 0.15) is 23.4 Å². The van der Waals surface area contributed by atoms with Gasteiger partial charge in [-0.15, -0.1) is 0 Å². The molecular weight excluding hydrogens is 196 g/mol. The molecule has 1 atom stereocenters. The SMILES string of the molecule is O=C(NC1CCCNC1=O)c1ccco1. The van der Waals surface area contributed by atoms with E-state index >= 15 is 0 Å². The van der Waals surface area contributed by atoms with Gasteiger partial charge in [-0.25, -0.2) is 0 Å². The van der Waals surface area contributed by atoms with E-state index in [4.69, 9.17) is 4.42 Å². The minimum atomic E-state index is -0.434. The summed E-state index contributed by atoms with van der Waals surface area (Å²) in [4.78, 5) is 22.9. The summed E-state index contributed by atoms with van der Waals surface area (Å²) in [7, 11) is 0. The molecule has 0 aromatic carbocycles. The Kier molecular flexibility index (Phi) is 2.71. The minimum Gasteiger partial charge on any atom is -0.459 e. The van der Waals surface area contributed by atoms with E-state index in [0.29, 0.717) is 13.0 Å². The zero-order chi connectivity index (χ0) is 10.7. The first-order valence-electron chi connectivity index (χ1n) is 4.89. The molecule has 1 aliphatic rings. The lowest BCUT2D eigenvalue weighted by atomic mass is 10.1. The van der Waals surface area contributed by atoms with E-state index in [-0.39, 0.29) is 17.6 Å². The number of hydrogen-bond donors (Lipinski definition) is 2. The highest BCUT2D eigenvalue weighted by Crippen LogP contribution is 2.05. The molecule has 2 heterocycles. The van der Waals surface area contributed by atoms with Crippen molar-refractivity contribution in [1.82, 2.24) is 10.6 Å². The Balaban J connectivity index is 1.96. The number of carbonyl (C=O) groups is 2. The van der Waals surface area contributed by atoms with Gasteiger partial charge in [0, 0.05) is 6.54 Å². The Bertz CT molecular complexity index is 359. The molecule has 1 aliphatic heterocycles. The van der Waals surface area contributed by atoms with Crippen LogP contribution in [-0.2, 0) is 4.79 Å². The fourth-order valence-electron chi connectivity index (χ4n) is 1.55. The van der Waals surface area contributed by atoms with Crippen LogP contribution in [0.2, 0.25) is 0 Å². The van der Waals surface area contributed by atoms with Crippen LogP contribution in [0.15, 0.2) is 22.8 Å². The van der Waals surface area contributed by atoms with Crippen LogP contribution in [0.4, 0.5) is 0 Å². The number of rotatable bonds is 2. The average molecular weight is 208 g/mol. The second-order valence-corrected chi connectivity index (χ2v) is 3.44. The summed E-state index contributed by atoms with van der Waals surface area (Å²) in [6.07, 6.45) is 2.99. The fourth-order valence-corrected chi connectivity index (χ4v) is 1.55. The van der Waals surface area contributed by atoms with Crippen LogP contribution in [0, 0.1) is 0 Å². The Morgan fingerprint density at radius 3 is 3.13 bits per heavy atom. The van der Waals surface area contributed by atoms with E-state index in [0.717, 1.165) is 6.42 Å². The predicted octanol–water partition coefficient (Wildman–Crippen LogP) is 0.288. The highest BCUT2D eigenvalue weighted by atomic mass is 16.3. The molecule has 0 aliphatic carbocycles. The number of hydrogen-bond acceptors (Lipinski definition) is 3. The van der Waals surface area contributed by atoms with Crippen molar-refractivity contribution in [2.75, 3.05) is 6.54 Å². The summed E-state index contributed by atoms with van der Waals surface area (Å²) in [5, 5.41) is 5.32. The molecule has 0 spiro atoms. The van der Waals surface area contributed by atoms with Gasteiger partial charge in [0.15, 0.2) is 5.76 Å². The first kappa shape index (κ1) is 9.76. The second kappa shape index (κ2) is 4.16. The molecule has 1 aromatic rings. The summed E-state index contributed by atoms with van der Waals surface area (Å²) >= 11 is 0. The number of amides is 2. The topological polar surface area (TPSA) is 71.3 Å². The third-order valence-corrected chi connectivity index (χ3v) is 2.34. The quantitative estimate of drug-likeness (QED) is 0.733. The van der Waals surface area contributed by atoms with Gasteiger partial charge < -0.3 is 15.1 Å². The molecule has 5 nitrogen and oxygen atoms in total.